The van der Waals surface area contributed by atoms with E-state index >= 15 is 0 Å². The number of ether oxygens (including phenoxy) is 1. The van der Waals surface area contributed by atoms with Crippen LogP contribution in [0.5, 0.6) is 5.75 Å². The van der Waals surface area contributed by atoms with Crippen molar-refractivity contribution in [3.05, 3.63) is 65.4 Å². The molecule has 0 bridgehead atoms. The Morgan fingerprint density at radius 1 is 0.923 bits per heavy atom. The highest BCUT2D eigenvalue weighted by molar-refractivity contribution is 5.93. The van der Waals surface area contributed by atoms with Gasteiger partial charge < -0.3 is 41.8 Å². The summed E-state index contributed by atoms with van der Waals surface area (Å²) in [5.41, 5.74) is 9.34. The number of rotatable bonds is 21. The lowest BCUT2D eigenvalue weighted by atomic mass is 9.76. The van der Waals surface area contributed by atoms with E-state index in [-0.39, 0.29) is 48.5 Å². The molecule has 3 amide bonds. The molecule has 1 heterocycles. The summed E-state index contributed by atoms with van der Waals surface area (Å²) in [6.07, 6.45) is 4.86. The van der Waals surface area contributed by atoms with Crippen LogP contribution in [-0.4, -0.2) is 71.5 Å². The summed E-state index contributed by atoms with van der Waals surface area (Å²) >= 11 is 0. The Morgan fingerprint density at radius 3 is 2.31 bits per heavy atom. The molecule has 13 nitrogen and oxygen atoms in total. The fourth-order valence-electron chi connectivity index (χ4n) is 5.77. The zero-order valence-corrected chi connectivity index (χ0v) is 31.4. The average molecular weight is 720 g/mol. The van der Waals surface area contributed by atoms with E-state index in [1.165, 1.54) is 5.56 Å². The maximum Gasteiger partial charge on any atom is 0.322 e. The second kappa shape index (κ2) is 19.0. The molecule has 0 radical (unpaired) electrons. The van der Waals surface area contributed by atoms with Crippen molar-refractivity contribution in [2.45, 2.75) is 109 Å². The Kier molecular flexibility index (Phi) is 15.1. The van der Waals surface area contributed by atoms with Crippen molar-refractivity contribution in [3.63, 3.8) is 0 Å². The maximum atomic E-state index is 13.8. The zero-order chi connectivity index (χ0) is 38.5. The van der Waals surface area contributed by atoms with Crippen LogP contribution in [0.25, 0.3) is 10.9 Å². The van der Waals surface area contributed by atoms with Crippen LogP contribution in [0.3, 0.4) is 0 Å². The molecule has 0 aliphatic rings. The van der Waals surface area contributed by atoms with E-state index in [0.29, 0.717) is 19.4 Å². The number of benzene rings is 2. The largest absolute Gasteiger partial charge is 0.493 e. The van der Waals surface area contributed by atoms with Gasteiger partial charge in [-0.2, -0.15) is 0 Å². The number of nitrogens with one attached hydrogen (secondary N) is 6. The SMILES string of the molecule is CCC(C)(C)c1ccc(OCCCC(=O)N[C@@H](Cc2c[nH]c3ccccc23)C(=O)N[C@@H](CCCNC(=N)N)C(=O)NCC(=O)O)c(C(C)(C)CC)c1. The third-order valence-corrected chi connectivity index (χ3v) is 9.85. The fraction of sp³-hybridized carbons (Fsp3) is 0.513. The van der Waals surface area contributed by atoms with Gasteiger partial charge in [-0.05, 0) is 66.2 Å². The van der Waals surface area contributed by atoms with Crippen LogP contribution < -0.4 is 31.7 Å². The first kappa shape index (κ1) is 41.4. The predicted octanol–water partition coefficient (Wildman–Crippen LogP) is 4.38. The number of hydrogen-bond acceptors (Lipinski definition) is 6. The summed E-state index contributed by atoms with van der Waals surface area (Å²) in [4.78, 5) is 54.4. The van der Waals surface area contributed by atoms with Crippen LogP contribution in [0, 0.1) is 5.41 Å². The standard InChI is InChI=1S/C39H57N7O6/c1-7-38(3,4)26-17-18-32(28(22-26)39(5,6)8-2)52-20-12-16-33(47)45-31(21-25-23-43-29-14-10-9-13-27(25)29)36(51)46-30(15-11-19-42-37(40)41)35(50)44-24-34(48)49/h9-10,13-14,17-18,22-23,30-31,43H,7-8,11-12,15-16,19-21,24H2,1-6H3,(H,44,50)(H,45,47)(H,46,51)(H,48,49)(H4,40,41,42)/t30-,31-/m0/s1. The Hall–Kier alpha value is -5.07. The Labute approximate surface area is 306 Å². The monoisotopic (exact) mass is 719 g/mol. The topological polar surface area (TPSA) is 212 Å². The number of nitrogens with two attached hydrogens (primary N) is 1. The summed E-state index contributed by atoms with van der Waals surface area (Å²) in [6, 6.07) is 11.9. The van der Waals surface area contributed by atoms with Crippen LogP contribution in [-0.2, 0) is 36.4 Å². The lowest BCUT2D eigenvalue weighted by Crippen LogP contribution is -2.55. The van der Waals surface area contributed by atoms with Crippen LogP contribution in [0.1, 0.15) is 96.8 Å². The molecule has 284 valence electrons. The molecule has 0 saturated heterocycles. The molecule has 3 aromatic rings. The summed E-state index contributed by atoms with van der Waals surface area (Å²) in [7, 11) is 0. The fourth-order valence-corrected chi connectivity index (χ4v) is 5.77. The highest BCUT2D eigenvalue weighted by Crippen LogP contribution is 2.38. The Bertz CT molecular complexity index is 1700. The predicted molar refractivity (Wildman–Crippen MR) is 203 cm³/mol. The second-order valence-electron chi connectivity index (χ2n) is 14.5. The lowest BCUT2D eigenvalue weighted by molar-refractivity contribution is -0.138. The average Bonchev–Trinajstić information content (AvgIpc) is 3.52. The summed E-state index contributed by atoms with van der Waals surface area (Å²) in [5, 5.41) is 27.9. The van der Waals surface area contributed by atoms with Crippen molar-refractivity contribution in [2.75, 3.05) is 19.7 Å². The van der Waals surface area contributed by atoms with Gasteiger partial charge in [-0.25, -0.2) is 0 Å². The summed E-state index contributed by atoms with van der Waals surface area (Å²) in [5.74, 6) is -2.29. The van der Waals surface area contributed by atoms with Crippen LogP contribution in [0.15, 0.2) is 48.7 Å². The van der Waals surface area contributed by atoms with E-state index in [4.69, 9.17) is 21.0 Å². The van der Waals surface area contributed by atoms with Crippen molar-refractivity contribution in [2.24, 2.45) is 5.73 Å². The zero-order valence-electron chi connectivity index (χ0n) is 31.4. The van der Waals surface area contributed by atoms with E-state index < -0.39 is 36.4 Å². The van der Waals surface area contributed by atoms with Gasteiger partial charge in [0.1, 0.15) is 24.4 Å². The number of H-pyrrole nitrogens is 1. The molecule has 2 atom stereocenters. The molecule has 13 heteroatoms. The number of para-hydroxylation sites is 1. The molecule has 2 aromatic carbocycles. The van der Waals surface area contributed by atoms with Gasteiger partial charge in [-0.3, -0.25) is 24.6 Å². The van der Waals surface area contributed by atoms with Crippen LogP contribution >= 0.6 is 0 Å². The van der Waals surface area contributed by atoms with Crippen molar-refractivity contribution < 1.29 is 29.0 Å². The van der Waals surface area contributed by atoms with Gasteiger partial charge in [-0.1, -0.05) is 71.9 Å². The van der Waals surface area contributed by atoms with E-state index in [1.54, 1.807) is 6.20 Å². The van der Waals surface area contributed by atoms with E-state index in [0.717, 1.165) is 40.6 Å². The summed E-state index contributed by atoms with van der Waals surface area (Å²) < 4.78 is 6.27. The van der Waals surface area contributed by atoms with Crippen LogP contribution in [0.4, 0.5) is 0 Å². The van der Waals surface area contributed by atoms with Crippen molar-refractivity contribution in [3.8, 4) is 5.75 Å². The van der Waals surface area contributed by atoms with E-state index in [9.17, 15) is 19.2 Å². The number of fused-ring (bicyclic) bond motifs is 1. The number of amides is 3. The molecule has 0 aliphatic heterocycles. The number of guanidine groups is 1. The minimum absolute atomic E-state index is 0.0275. The third kappa shape index (κ3) is 12.0. The molecule has 9 N–H and O–H groups in total. The van der Waals surface area contributed by atoms with Crippen molar-refractivity contribution >= 4 is 40.6 Å². The molecule has 52 heavy (non-hydrogen) atoms. The van der Waals surface area contributed by atoms with Crippen LogP contribution in [0.2, 0.25) is 0 Å². The number of carboxylic acids is 1. The Balaban J connectivity index is 1.74. The number of carbonyl (C=O) groups excluding carboxylic acids is 3. The van der Waals surface area contributed by atoms with Crippen molar-refractivity contribution in [1.29, 1.82) is 5.41 Å². The summed E-state index contributed by atoms with van der Waals surface area (Å²) in [6.45, 7) is 13.2. The first-order valence-electron chi connectivity index (χ1n) is 18.1. The van der Waals surface area contributed by atoms with E-state index in [1.807, 2.05) is 30.3 Å². The number of aromatic amines is 1. The van der Waals surface area contributed by atoms with Gasteiger partial charge in [0.25, 0.3) is 0 Å². The third-order valence-electron chi connectivity index (χ3n) is 9.85. The number of hydrogen-bond donors (Lipinski definition) is 8. The quantitative estimate of drug-likeness (QED) is 0.0449. The van der Waals surface area contributed by atoms with E-state index in [2.05, 4.69) is 79.9 Å². The minimum Gasteiger partial charge on any atom is -0.493 e. The molecule has 0 unspecified atom stereocenters. The molecule has 1 aromatic heterocycles. The molecule has 0 fully saturated rings. The molecule has 0 spiro atoms. The molecular weight excluding hydrogens is 662 g/mol. The normalized spacial score (nSPS) is 12.8. The van der Waals surface area contributed by atoms with Gasteiger partial charge in [-0.15, -0.1) is 0 Å². The number of carbonyl (C=O) groups is 4. The maximum absolute atomic E-state index is 13.8. The molecule has 3 rings (SSSR count). The highest BCUT2D eigenvalue weighted by atomic mass is 16.5. The Morgan fingerprint density at radius 2 is 1.63 bits per heavy atom. The molecule has 0 saturated carbocycles. The smallest absolute Gasteiger partial charge is 0.322 e. The number of aliphatic carboxylic acids is 1. The van der Waals surface area contributed by atoms with Gasteiger partial charge in [0.2, 0.25) is 17.7 Å². The number of aromatic nitrogens is 1. The van der Waals surface area contributed by atoms with Gasteiger partial charge in [0.05, 0.1) is 6.61 Å². The first-order chi connectivity index (χ1) is 24.6. The second-order valence-corrected chi connectivity index (χ2v) is 14.5. The van der Waals surface area contributed by atoms with Gasteiger partial charge in [0, 0.05) is 42.0 Å². The molecular formula is C39H57N7O6. The lowest BCUT2D eigenvalue weighted by Gasteiger charge is -2.30. The minimum atomic E-state index is -1.23. The van der Waals surface area contributed by atoms with Gasteiger partial charge in [0.15, 0.2) is 5.96 Å². The number of carboxylic acid groups (broad SMARTS) is 1. The van der Waals surface area contributed by atoms with Gasteiger partial charge >= 0.3 is 5.97 Å². The highest BCUT2D eigenvalue weighted by Gasteiger charge is 2.29. The van der Waals surface area contributed by atoms with Crippen molar-refractivity contribution in [1.82, 2.24) is 26.3 Å². The molecule has 0 aliphatic carbocycles. The first-order valence-corrected chi connectivity index (χ1v) is 18.1.